The number of fused-ring (bicyclic) bond motifs is 1. The SMILES string of the molecule is Cc1ccc2cc(C(=O)Nc3cccc(F)c3)oc2c1. The van der Waals surface area contributed by atoms with E-state index in [1.807, 2.05) is 25.1 Å². The minimum Gasteiger partial charge on any atom is -0.451 e. The Kier molecular flexibility index (Phi) is 2.99. The first-order valence-corrected chi connectivity index (χ1v) is 6.19. The average Bonchev–Trinajstić information content (AvgIpc) is 2.81. The second-order valence-electron chi connectivity index (χ2n) is 4.62. The lowest BCUT2D eigenvalue weighted by Gasteiger charge is -2.02. The number of hydrogen-bond donors (Lipinski definition) is 1. The van der Waals surface area contributed by atoms with E-state index in [0.717, 1.165) is 10.9 Å². The molecule has 1 aromatic heterocycles. The van der Waals surface area contributed by atoms with Crippen LogP contribution in [0.2, 0.25) is 0 Å². The zero-order valence-electron chi connectivity index (χ0n) is 10.8. The number of nitrogens with one attached hydrogen (secondary N) is 1. The molecule has 0 aliphatic carbocycles. The minimum absolute atomic E-state index is 0.204. The van der Waals surface area contributed by atoms with Gasteiger partial charge in [0.2, 0.25) is 0 Å². The van der Waals surface area contributed by atoms with Crippen molar-refractivity contribution in [2.45, 2.75) is 6.92 Å². The van der Waals surface area contributed by atoms with Crippen LogP contribution in [0.3, 0.4) is 0 Å². The second kappa shape index (κ2) is 4.81. The van der Waals surface area contributed by atoms with E-state index in [0.29, 0.717) is 11.3 Å². The van der Waals surface area contributed by atoms with Crippen LogP contribution in [-0.4, -0.2) is 5.91 Å². The van der Waals surface area contributed by atoms with Gasteiger partial charge >= 0.3 is 0 Å². The van der Waals surface area contributed by atoms with Gasteiger partial charge in [0.1, 0.15) is 11.4 Å². The molecule has 4 heteroatoms. The first-order chi connectivity index (χ1) is 9.61. The molecule has 3 aromatic rings. The number of carbonyl (C=O) groups is 1. The van der Waals surface area contributed by atoms with Gasteiger partial charge in [-0.25, -0.2) is 4.39 Å². The van der Waals surface area contributed by atoms with E-state index in [1.54, 1.807) is 12.1 Å². The lowest BCUT2D eigenvalue weighted by Crippen LogP contribution is -2.10. The van der Waals surface area contributed by atoms with E-state index >= 15 is 0 Å². The molecule has 0 aliphatic rings. The number of rotatable bonds is 2. The highest BCUT2D eigenvalue weighted by molar-refractivity contribution is 6.04. The number of furan rings is 1. The van der Waals surface area contributed by atoms with E-state index < -0.39 is 11.7 Å². The molecule has 1 amide bonds. The molecule has 0 spiro atoms. The van der Waals surface area contributed by atoms with E-state index in [2.05, 4.69) is 5.32 Å². The third-order valence-electron chi connectivity index (χ3n) is 2.98. The van der Waals surface area contributed by atoms with Gasteiger partial charge in [0.25, 0.3) is 5.91 Å². The minimum atomic E-state index is -0.400. The molecule has 0 fully saturated rings. The second-order valence-corrected chi connectivity index (χ2v) is 4.62. The van der Waals surface area contributed by atoms with Crippen LogP contribution >= 0.6 is 0 Å². The van der Waals surface area contributed by atoms with Crippen molar-refractivity contribution in [1.29, 1.82) is 0 Å². The lowest BCUT2D eigenvalue weighted by molar-refractivity contribution is 0.0998. The predicted molar refractivity (Wildman–Crippen MR) is 75.3 cm³/mol. The van der Waals surface area contributed by atoms with Crippen molar-refractivity contribution in [3.63, 3.8) is 0 Å². The molecule has 100 valence electrons. The summed E-state index contributed by atoms with van der Waals surface area (Å²) in [5.41, 5.74) is 2.12. The maximum absolute atomic E-state index is 13.1. The fourth-order valence-electron chi connectivity index (χ4n) is 2.01. The molecule has 0 unspecified atom stereocenters. The number of amides is 1. The Bertz CT molecular complexity index is 792. The summed E-state index contributed by atoms with van der Waals surface area (Å²) in [6.45, 7) is 1.95. The summed E-state index contributed by atoms with van der Waals surface area (Å²) in [5, 5.41) is 3.46. The molecule has 0 bridgehead atoms. The first-order valence-electron chi connectivity index (χ1n) is 6.19. The fraction of sp³-hybridized carbons (Fsp3) is 0.0625. The summed E-state index contributed by atoms with van der Waals surface area (Å²) < 4.78 is 18.6. The zero-order valence-corrected chi connectivity index (χ0v) is 10.8. The fourth-order valence-corrected chi connectivity index (χ4v) is 2.01. The molecule has 3 nitrogen and oxygen atoms in total. The highest BCUT2D eigenvalue weighted by Gasteiger charge is 2.12. The Labute approximate surface area is 115 Å². The highest BCUT2D eigenvalue weighted by Crippen LogP contribution is 2.21. The lowest BCUT2D eigenvalue weighted by atomic mass is 10.2. The van der Waals surface area contributed by atoms with E-state index in [1.165, 1.54) is 18.2 Å². The molecule has 20 heavy (non-hydrogen) atoms. The number of aryl methyl sites for hydroxylation is 1. The molecule has 1 heterocycles. The Morgan fingerprint density at radius 2 is 2.00 bits per heavy atom. The Morgan fingerprint density at radius 3 is 2.80 bits per heavy atom. The maximum Gasteiger partial charge on any atom is 0.291 e. The van der Waals surface area contributed by atoms with Gasteiger partial charge in [-0.15, -0.1) is 0 Å². The van der Waals surface area contributed by atoms with Crippen LogP contribution in [0.5, 0.6) is 0 Å². The standard InChI is InChI=1S/C16H12FNO2/c1-10-5-6-11-8-15(20-14(11)7-10)16(19)18-13-4-2-3-12(17)9-13/h2-9H,1H3,(H,18,19). The number of halogens is 1. The monoisotopic (exact) mass is 269 g/mol. The molecular formula is C16H12FNO2. The molecule has 2 aromatic carbocycles. The largest absolute Gasteiger partial charge is 0.451 e. The van der Waals surface area contributed by atoms with Gasteiger partial charge < -0.3 is 9.73 Å². The normalized spacial score (nSPS) is 10.7. The predicted octanol–water partition coefficient (Wildman–Crippen LogP) is 4.13. The summed E-state index contributed by atoms with van der Waals surface area (Å²) in [4.78, 5) is 12.1. The smallest absolute Gasteiger partial charge is 0.291 e. The van der Waals surface area contributed by atoms with Gasteiger partial charge in [0, 0.05) is 11.1 Å². The molecule has 1 N–H and O–H groups in total. The van der Waals surface area contributed by atoms with E-state index in [4.69, 9.17) is 4.42 Å². The Balaban J connectivity index is 1.88. The maximum atomic E-state index is 13.1. The van der Waals surface area contributed by atoms with Crippen LogP contribution in [0, 0.1) is 12.7 Å². The van der Waals surface area contributed by atoms with Crippen LogP contribution in [0.15, 0.2) is 52.9 Å². The molecule has 0 aliphatic heterocycles. The third-order valence-corrected chi connectivity index (χ3v) is 2.98. The van der Waals surface area contributed by atoms with Crippen molar-refractivity contribution in [2.75, 3.05) is 5.32 Å². The topological polar surface area (TPSA) is 42.2 Å². The summed E-state index contributed by atoms with van der Waals surface area (Å²) in [6, 6.07) is 13.1. The van der Waals surface area contributed by atoms with E-state index in [9.17, 15) is 9.18 Å². The summed E-state index contributed by atoms with van der Waals surface area (Å²) in [5.74, 6) is -0.595. The number of carbonyl (C=O) groups excluding carboxylic acids is 1. The van der Waals surface area contributed by atoms with Crippen molar-refractivity contribution in [1.82, 2.24) is 0 Å². The first kappa shape index (κ1) is 12.4. The van der Waals surface area contributed by atoms with E-state index in [-0.39, 0.29) is 5.76 Å². The Morgan fingerprint density at radius 1 is 1.15 bits per heavy atom. The van der Waals surface area contributed by atoms with Crippen molar-refractivity contribution in [3.8, 4) is 0 Å². The third kappa shape index (κ3) is 2.40. The van der Waals surface area contributed by atoms with Gasteiger partial charge in [0.05, 0.1) is 0 Å². The summed E-state index contributed by atoms with van der Waals surface area (Å²) >= 11 is 0. The van der Waals surface area contributed by atoms with Crippen LogP contribution < -0.4 is 5.32 Å². The average molecular weight is 269 g/mol. The van der Waals surface area contributed by atoms with Crippen LogP contribution in [0.1, 0.15) is 16.1 Å². The van der Waals surface area contributed by atoms with Gasteiger partial charge in [-0.3, -0.25) is 4.79 Å². The quantitative estimate of drug-likeness (QED) is 0.760. The van der Waals surface area contributed by atoms with Crippen molar-refractivity contribution >= 4 is 22.6 Å². The molecule has 3 rings (SSSR count). The van der Waals surface area contributed by atoms with Crippen LogP contribution in [-0.2, 0) is 0 Å². The van der Waals surface area contributed by atoms with Crippen molar-refractivity contribution in [2.24, 2.45) is 0 Å². The molecule has 0 radical (unpaired) electrons. The number of benzene rings is 2. The molecular weight excluding hydrogens is 257 g/mol. The molecule has 0 atom stereocenters. The summed E-state index contributed by atoms with van der Waals surface area (Å²) in [6.07, 6.45) is 0. The van der Waals surface area contributed by atoms with Crippen LogP contribution in [0.4, 0.5) is 10.1 Å². The highest BCUT2D eigenvalue weighted by atomic mass is 19.1. The number of hydrogen-bond acceptors (Lipinski definition) is 2. The van der Waals surface area contributed by atoms with Crippen molar-refractivity contribution < 1.29 is 13.6 Å². The number of anilines is 1. The van der Waals surface area contributed by atoms with Gasteiger partial charge in [-0.1, -0.05) is 18.2 Å². The van der Waals surface area contributed by atoms with Gasteiger partial charge in [0.15, 0.2) is 5.76 Å². The van der Waals surface area contributed by atoms with Gasteiger partial charge in [-0.05, 0) is 42.8 Å². The van der Waals surface area contributed by atoms with Crippen molar-refractivity contribution in [3.05, 3.63) is 65.7 Å². The van der Waals surface area contributed by atoms with Gasteiger partial charge in [-0.2, -0.15) is 0 Å². The molecule has 0 saturated heterocycles. The summed E-state index contributed by atoms with van der Waals surface area (Å²) in [7, 11) is 0. The Hall–Kier alpha value is -2.62. The zero-order chi connectivity index (χ0) is 14.1. The molecule has 0 saturated carbocycles. The van der Waals surface area contributed by atoms with Crippen LogP contribution in [0.25, 0.3) is 11.0 Å².